The van der Waals surface area contributed by atoms with E-state index in [1.807, 2.05) is 24.3 Å². The summed E-state index contributed by atoms with van der Waals surface area (Å²) in [5.74, 6) is 1.93. The average molecular weight is 468 g/mol. The van der Waals surface area contributed by atoms with E-state index in [1.165, 1.54) is 11.8 Å². The van der Waals surface area contributed by atoms with Gasteiger partial charge in [0.25, 0.3) is 11.1 Å². The summed E-state index contributed by atoms with van der Waals surface area (Å²) in [6.07, 6.45) is 1.22. The van der Waals surface area contributed by atoms with Crippen molar-refractivity contribution in [3.05, 3.63) is 69.5 Å². The van der Waals surface area contributed by atoms with Crippen molar-refractivity contribution in [2.75, 3.05) is 5.75 Å². The van der Waals surface area contributed by atoms with Crippen molar-refractivity contribution in [2.24, 2.45) is 0 Å². The molecule has 0 spiro atoms. The maximum atomic E-state index is 12.1. The van der Waals surface area contributed by atoms with E-state index in [0.29, 0.717) is 28.3 Å². The highest BCUT2D eigenvalue weighted by Gasteiger charge is 2.09. The minimum atomic E-state index is 0.130. The minimum Gasteiger partial charge on any atom is -0.484 e. The number of hydrogen-bond acceptors (Lipinski definition) is 6. The molecule has 0 unspecified atom stereocenters. The van der Waals surface area contributed by atoms with E-state index < -0.39 is 0 Å². The first-order chi connectivity index (χ1) is 13.1. The number of thioether (sulfide) groups is 1. The highest BCUT2D eigenvalue weighted by atomic mass is 79.9. The number of carbonyl (C=O) groups is 1. The molecule has 0 bridgehead atoms. The number of halogens is 2. The zero-order valence-electron chi connectivity index (χ0n) is 14.2. The van der Waals surface area contributed by atoms with E-state index in [9.17, 15) is 4.79 Å². The lowest BCUT2D eigenvalue weighted by Crippen LogP contribution is -1.99. The number of aromatic nitrogens is 2. The standard InChI is InChI=1S/C19H16BrClN2O3S/c20-14-5-3-13(4-6-14)17(24)2-1-11-27-19-23-22-18(26-19)12-25-16-9-7-15(21)8-10-16/h3-10H,1-2,11-12H2. The van der Waals surface area contributed by atoms with Crippen LogP contribution < -0.4 is 4.74 Å². The topological polar surface area (TPSA) is 65.2 Å². The number of nitrogens with zero attached hydrogens (tertiary/aromatic N) is 2. The molecule has 5 nitrogen and oxygen atoms in total. The normalized spacial score (nSPS) is 10.7. The first kappa shape index (κ1) is 19.9. The van der Waals surface area contributed by atoms with Crippen molar-refractivity contribution >= 4 is 45.1 Å². The SMILES string of the molecule is O=C(CCCSc1nnc(COc2ccc(Cl)cc2)o1)c1ccc(Br)cc1. The monoisotopic (exact) mass is 466 g/mol. The molecule has 8 heteroatoms. The maximum Gasteiger partial charge on any atom is 0.276 e. The summed E-state index contributed by atoms with van der Waals surface area (Å²) in [7, 11) is 0. The largest absolute Gasteiger partial charge is 0.484 e. The molecule has 2 aromatic carbocycles. The molecule has 0 saturated carbocycles. The molecular formula is C19H16BrClN2O3S. The molecule has 0 atom stereocenters. The van der Waals surface area contributed by atoms with Crippen molar-refractivity contribution in [3.63, 3.8) is 0 Å². The molecule has 0 saturated heterocycles. The van der Waals surface area contributed by atoms with Crippen LogP contribution >= 0.6 is 39.3 Å². The quantitative estimate of drug-likeness (QED) is 0.224. The van der Waals surface area contributed by atoms with Gasteiger partial charge in [0.15, 0.2) is 12.4 Å². The average Bonchev–Trinajstić information content (AvgIpc) is 3.13. The second kappa shape index (κ2) is 9.92. The molecule has 3 aromatic rings. The summed E-state index contributed by atoms with van der Waals surface area (Å²) in [5, 5.41) is 9.06. The van der Waals surface area contributed by atoms with Crippen LogP contribution in [0.2, 0.25) is 5.02 Å². The minimum absolute atomic E-state index is 0.130. The Kier molecular flexibility index (Phi) is 7.32. The summed E-state index contributed by atoms with van der Waals surface area (Å²) in [5.41, 5.74) is 0.725. The van der Waals surface area contributed by atoms with Gasteiger partial charge in [-0.25, -0.2) is 0 Å². The van der Waals surface area contributed by atoms with Gasteiger partial charge in [-0.2, -0.15) is 0 Å². The lowest BCUT2D eigenvalue weighted by molar-refractivity contribution is 0.0982. The fourth-order valence-electron chi connectivity index (χ4n) is 2.20. The number of carbonyl (C=O) groups excluding carboxylic acids is 1. The van der Waals surface area contributed by atoms with Gasteiger partial charge in [-0.05, 0) is 42.8 Å². The van der Waals surface area contributed by atoms with Gasteiger partial charge in [0.1, 0.15) is 5.75 Å². The number of benzene rings is 2. The van der Waals surface area contributed by atoms with Crippen LogP contribution in [0.4, 0.5) is 0 Å². The third-order valence-corrected chi connectivity index (χ3v) is 5.25. The molecule has 3 rings (SSSR count). The van der Waals surface area contributed by atoms with Crippen LogP contribution in [0.25, 0.3) is 0 Å². The molecule has 0 fully saturated rings. The summed E-state index contributed by atoms with van der Waals surface area (Å²) in [6.45, 7) is 0.192. The first-order valence-corrected chi connectivity index (χ1v) is 10.4. The lowest BCUT2D eigenvalue weighted by atomic mass is 10.1. The van der Waals surface area contributed by atoms with Crippen molar-refractivity contribution in [1.29, 1.82) is 0 Å². The number of rotatable bonds is 9. The molecule has 0 aliphatic rings. The van der Waals surface area contributed by atoms with E-state index >= 15 is 0 Å². The fraction of sp³-hybridized carbons (Fsp3) is 0.211. The van der Waals surface area contributed by atoms with E-state index in [4.69, 9.17) is 20.8 Å². The van der Waals surface area contributed by atoms with Crippen LogP contribution in [-0.4, -0.2) is 21.7 Å². The van der Waals surface area contributed by atoms with Gasteiger partial charge in [-0.1, -0.05) is 51.4 Å². The number of ether oxygens (including phenoxy) is 1. The van der Waals surface area contributed by atoms with Gasteiger partial charge in [0, 0.05) is 27.2 Å². The predicted octanol–water partition coefficient (Wildman–Crippen LogP) is 5.82. The Morgan fingerprint density at radius 3 is 2.59 bits per heavy atom. The van der Waals surface area contributed by atoms with Crippen LogP contribution in [0.15, 0.2) is 62.6 Å². The first-order valence-electron chi connectivity index (χ1n) is 8.22. The lowest BCUT2D eigenvalue weighted by Gasteiger charge is -2.02. The van der Waals surface area contributed by atoms with Crippen molar-refractivity contribution in [1.82, 2.24) is 10.2 Å². The Morgan fingerprint density at radius 2 is 1.85 bits per heavy atom. The second-order valence-corrected chi connectivity index (χ2v) is 7.98. The Bertz CT molecular complexity index is 885. The van der Waals surface area contributed by atoms with Crippen molar-refractivity contribution in [3.8, 4) is 5.75 Å². The fourth-order valence-corrected chi connectivity index (χ4v) is 3.31. The summed E-state index contributed by atoms with van der Waals surface area (Å²) in [4.78, 5) is 12.1. The molecule has 27 heavy (non-hydrogen) atoms. The number of ketones is 1. The van der Waals surface area contributed by atoms with Gasteiger partial charge >= 0.3 is 0 Å². The molecule has 0 aliphatic heterocycles. The van der Waals surface area contributed by atoms with Crippen LogP contribution in [0, 0.1) is 0 Å². The molecule has 0 amide bonds. The third kappa shape index (κ3) is 6.37. The van der Waals surface area contributed by atoms with Crippen LogP contribution in [0.5, 0.6) is 5.75 Å². The van der Waals surface area contributed by atoms with Crippen molar-refractivity contribution in [2.45, 2.75) is 24.7 Å². The smallest absolute Gasteiger partial charge is 0.276 e. The molecule has 140 valence electrons. The van der Waals surface area contributed by atoms with Gasteiger partial charge in [0.05, 0.1) is 0 Å². The number of hydrogen-bond donors (Lipinski definition) is 0. The second-order valence-electron chi connectivity index (χ2n) is 5.59. The van der Waals surface area contributed by atoms with E-state index in [1.54, 1.807) is 24.3 Å². The van der Waals surface area contributed by atoms with Gasteiger partial charge in [0.2, 0.25) is 0 Å². The zero-order chi connectivity index (χ0) is 19.1. The summed E-state index contributed by atoms with van der Waals surface area (Å²) >= 11 is 10.6. The van der Waals surface area contributed by atoms with Gasteiger partial charge in [-0.15, -0.1) is 10.2 Å². The Labute approximate surface area is 174 Å². The van der Waals surface area contributed by atoms with E-state index in [2.05, 4.69) is 26.1 Å². The van der Waals surface area contributed by atoms with Crippen LogP contribution in [0.3, 0.4) is 0 Å². The van der Waals surface area contributed by atoms with E-state index in [-0.39, 0.29) is 12.4 Å². The maximum absolute atomic E-state index is 12.1. The number of Topliss-reactive ketones (excluding diaryl/α,β-unsaturated/α-hetero) is 1. The highest BCUT2D eigenvalue weighted by Crippen LogP contribution is 2.21. The molecule has 0 N–H and O–H groups in total. The van der Waals surface area contributed by atoms with Gasteiger partial charge in [-0.3, -0.25) is 4.79 Å². The molecular weight excluding hydrogens is 452 g/mol. The highest BCUT2D eigenvalue weighted by molar-refractivity contribution is 9.10. The molecule has 1 aromatic heterocycles. The molecule has 0 radical (unpaired) electrons. The predicted molar refractivity (Wildman–Crippen MR) is 109 cm³/mol. The zero-order valence-corrected chi connectivity index (χ0v) is 17.4. The Balaban J connectivity index is 1.38. The third-order valence-electron chi connectivity index (χ3n) is 3.56. The Hall–Kier alpha value is -1.83. The summed E-state index contributed by atoms with van der Waals surface area (Å²) in [6, 6.07) is 14.4. The molecule has 0 aliphatic carbocycles. The van der Waals surface area contributed by atoms with Crippen molar-refractivity contribution < 1.29 is 13.9 Å². The van der Waals surface area contributed by atoms with Crippen LogP contribution in [-0.2, 0) is 6.61 Å². The Morgan fingerprint density at radius 1 is 1.11 bits per heavy atom. The van der Waals surface area contributed by atoms with E-state index in [0.717, 1.165) is 22.2 Å². The van der Waals surface area contributed by atoms with Crippen LogP contribution in [0.1, 0.15) is 29.1 Å². The van der Waals surface area contributed by atoms with Gasteiger partial charge < -0.3 is 9.15 Å². The summed E-state index contributed by atoms with van der Waals surface area (Å²) < 4.78 is 12.1. The molecule has 1 heterocycles.